The molecule has 0 fully saturated rings. The van der Waals surface area contributed by atoms with Gasteiger partial charge in [0.1, 0.15) is 19.3 Å². The summed E-state index contributed by atoms with van der Waals surface area (Å²) in [5.74, 6) is -1.33. The Labute approximate surface area is 638 Å². The molecule has 3 N–H and O–H groups in total. The van der Waals surface area contributed by atoms with Crippen LogP contribution in [0.15, 0.2) is 0 Å². The maximum Gasteiger partial charge on any atom is 0.472 e. The van der Waals surface area contributed by atoms with E-state index in [4.69, 9.17) is 37.0 Å². The lowest BCUT2D eigenvalue weighted by atomic mass is 9.99. The molecule has 0 saturated carbocycles. The van der Waals surface area contributed by atoms with Crippen molar-refractivity contribution in [2.45, 2.75) is 477 Å². The Morgan fingerprint density at radius 3 is 0.683 bits per heavy atom. The van der Waals surface area contributed by atoms with E-state index >= 15 is 0 Å². The number of ether oxygens (including phenoxy) is 4. The number of aliphatic hydroxyl groups is 1. The average Bonchev–Trinajstić information content (AvgIpc) is 0.928. The quantitative estimate of drug-likeness (QED) is 0.0222. The minimum atomic E-state index is -4.96. The van der Waals surface area contributed by atoms with Crippen molar-refractivity contribution in [3.05, 3.63) is 0 Å². The average molecular weight is 1520 g/mol. The Balaban J connectivity index is 5.21. The van der Waals surface area contributed by atoms with Gasteiger partial charge in [-0.05, 0) is 31.6 Å². The molecule has 618 valence electrons. The maximum absolute atomic E-state index is 13.1. The van der Waals surface area contributed by atoms with Crippen molar-refractivity contribution in [2.24, 2.45) is 5.92 Å². The third-order valence-electron chi connectivity index (χ3n) is 20.4. The highest BCUT2D eigenvalue weighted by Gasteiger charge is 2.30. The van der Waals surface area contributed by atoms with E-state index in [2.05, 4.69) is 34.6 Å². The first-order valence-corrected chi connectivity index (χ1v) is 47.2. The summed E-state index contributed by atoms with van der Waals surface area (Å²) >= 11 is 0. The highest BCUT2D eigenvalue weighted by atomic mass is 31.2. The normalized spacial score (nSPS) is 14.0. The predicted octanol–water partition coefficient (Wildman–Crippen LogP) is 26.0. The van der Waals surface area contributed by atoms with Crippen LogP contribution in [-0.2, 0) is 65.4 Å². The minimum absolute atomic E-state index is 0.106. The number of phosphoric ester groups is 2. The van der Waals surface area contributed by atoms with Crippen molar-refractivity contribution in [1.82, 2.24) is 0 Å². The number of aliphatic hydroxyl groups excluding tert-OH is 1. The number of hydrogen-bond acceptors (Lipinski definition) is 15. The molecule has 0 aromatic heterocycles. The van der Waals surface area contributed by atoms with Crippen LogP contribution in [0.2, 0.25) is 0 Å². The van der Waals surface area contributed by atoms with Crippen LogP contribution in [0.1, 0.15) is 458 Å². The summed E-state index contributed by atoms with van der Waals surface area (Å²) in [6, 6.07) is 0. The van der Waals surface area contributed by atoms with Crippen LogP contribution in [0.25, 0.3) is 0 Å². The van der Waals surface area contributed by atoms with Crippen molar-refractivity contribution in [2.75, 3.05) is 39.6 Å². The van der Waals surface area contributed by atoms with Crippen LogP contribution in [-0.4, -0.2) is 96.7 Å². The monoisotopic (exact) mass is 1520 g/mol. The van der Waals surface area contributed by atoms with E-state index in [1.54, 1.807) is 0 Å². The summed E-state index contributed by atoms with van der Waals surface area (Å²) in [5.41, 5.74) is 0. The summed E-state index contributed by atoms with van der Waals surface area (Å²) in [5, 5.41) is 10.7. The van der Waals surface area contributed by atoms with E-state index in [1.807, 2.05) is 0 Å². The highest BCUT2D eigenvalue weighted by Crippen LogP contribution is 2.45. The fraction of sp³-hybridized carbons (Fsp3) is 0.953. The van der Waals surface area contributed by atoms with Crippen molar-refractivity contribution < 1.29 is 80.2 Å². The van der Waals surface area contributed by atoms with Crippen LogP contribution in [0.5, 0.6) is 0 Å². The third-order valence-corrected chi connectivity index (χ3v) is 22.3. The molecule has 0 bridgehead atoms. The van der Waals surface area contributed by atoms with Crippen LogP contribution < -0.4 is 0 Å². The summed E-state index contributed by atoms with van der Waals surface area (Å²) in [6.45, 7) is 7.34. The largest absolute Gasteiger partial charge is 0.472 e. The van der Waals surface area contributed by atoms with Crippen molar-refractivity contribution >= 4 is 39.5 Å². The smallest absolute Gasteiger partial charge is 0.462 e. The van der Waals surface area contributed by atoms with E-state index in [0.29, 0.717) is 25.7 Å². The molecule has 0 aromatic carbocycles. The van der Waals surface area contributed by atoms with Crippen LogP contribution >= 0.6 is 15.6 Å². The van der Waals surface area contributed by atoms with E-state index < -0.39 is 97.5 Å². The van der Waals surface area contributed by atoms with Gasteiger partial charge in [-0.15, -0.1) is 0 Å². The molecule has 0 amide bonds. The van der Waals surface area contributed by atoms with E-state index in [-0.39, 0.29) is 25.7 Å². The topological polar surface area (TPSA) is 237 Å². The predicted molar refractivity (Wildman–Crippen MR) is 428 cm³/mol. The molecular weight excluding hydrogens is 1350 g/mol. The molecule has 0 radical (unpaired) electrons. The molecule has 0 rings (SSSR count). The zero-order valence-corrected chi connectivity index (χ0v) is 70.0. The first-order chi connectivity index (χ1) is 50.6. The molecule has 0 aromatic rings. The van der Waals surface area contributed by atoms with Gasteiger partial charge in [0.05, 0.1) is 26.4 Å². The number of rotatable bonds is 85. The Morgan fingerprint density at radius 1 is 0.269 bits per heavy atom. The number of esters is 4. The Kier molecular flexibility index (Phi) is 76.3. The number of carbonyl (C=O) groups is 4. The van der Waals surface area contributed by atoms with Crippen LogP contribution in [0.3, 0.4) is 0 Å². The second-order valence-corrected chi connectivity index (χ2v) is 33.7. The van der Waals surface area contributed by atoms with Gasteiger partial charge in [0.15, 0.2) is 12.2 Å². The third kappa shape index (κ3) is 76.8. The summed E-state index contributed by atoms with van der Waals surface area (Å²) in [7, 11) is -9.92. The molecule has 17 nitrogen and oxygen atoms in total. The molecule has 0 aliphatic heterocycles. The van der Waals surface area contributed by atoms with Gasteiger partial charge in [-0.2, -0.15) is 0 Å². The van der Waals surface area contributed by atoms with E-state index in [9.17, 15) is 43.2 Å². The molecule has 0 spiro atoms. The second kappa shape index (κ2) is 77.8. The highest BCUT2D eigenvalue weighted by molar-refractivity contribution is 7.47. The molecular formula is C85H166O17P2. The lowest BCUT2D eigenvalue weighted by molar-refractivity contribution is -0.161. The Bertz CT molecular complexity index is 1980. The van der Waals surface area contributed by atoms with Crippen molar-refractivity contribution in [1.29, 1.82) is 0 Å². The van der Waals surface area contributed by atoms with Gasteiger partial charge in [-0.25, -0.2) is 9.13 Å². The van der Waals surface area contributed by atoms with Gasteiger partial charge in [-0.1, -0.05) is 407 Å². The summed E-state index contributed by atoms with van der Waals surface area (Å²) < 4.78 is 68.8. The zero-order chi connectivity index (χ0) is 76.2. The second-order valence-electron chi connectivity index (χ2n) is 30.8. The van der Waals surface area contributed by atoms with Crippen LogP contribution in [0, 0.1) is 5.92 Å². The Hall–Kier alpha value is -1.94. The Morgan fingerprint density at radius 2 is 0.462 bits per heavy atom. The number of phosphoric acid groups is 2. The van der Waals surface area contributed by atoms with E-state index in [1.165, 1.54) is 283 Å². The molecule has 0 saturated heterocycles. The fourth-order valence-electron chi connectivity index (χ4n) is 13.3. The van der Waals surface area contributed by atoms with Gasteiger partial charge in [0.25, 0.3) is 0 Å². The summed E-state index contributed by atoms with van der Waals surface area (Å²) in [6.07, 6.45) is 70.9. The molecule has 0 aliphatic rings. The number of unbranched alkanes of at least 4 members (excludes halogenated alkanes) is 56. The fourth-order valence-corrected chi connectivity index (χ4v) is 14.8. The van der Waals surface area contributed by atoms with Gasteiger partial charge in [0.2, 0.25) is 0 Å². The van der Waals surface area contributed by atoms with Crippen molar-refractivity contribution in [3.63, 3.8) is 0 Å². The zero-order valence-electron chi connectivity index (χ0n) is 68.2. The molecule has 19 heteroatoms. The first kappa shape index (κ1) is 102. The molecule has 0 aliphatic carbocycles. The maximum atomic E-state index is 13.1. The first-order valence-electron chi connectivity index (χ1n) is 44.2. The summed E-state index contributed by atoms with van der Waals surface area (Å²) in [4.78, 5) is 73.1. The van der Waals surface area contributed by atoms with Crippen molar-refractivity contribution in [3.8, 4) is 0 Å². The molecule has 104 heavy (non-hydrogen) atoms. The SMILES string of the molecule is CCCCCCCCCCCCCCCCCCCCCCCC(=O)O[C@H](COC(=O)CCCCCCCCCCCCCCCCCCCCCC)COP(=O)(O)OC[C@@H](O)COP(=O)(O)OC[C@@H](COC(=O)CCCCCCCCCCCCC)OC(=O)CCCCCCCCCCC(C)CC. The lowest BCUT2D eigenvalue weighted by Crippen LogP contribution is -2.30. The van der Waals surface area contributed by atoms with Gasteiger partial charge in [0, 0.05) is 25.7 Å². The molecule has 0 heterocycles. The molecule has 6 atom stereocenters. The number of hydrogen-bond donors (Lipinski definition) is 3. The van der Waals surface area contributed by atoms with Crippen LogP contribution in [0.4, 0.5) is 0 Å². The van der Waals surface area contributed by atoms with E-state index in [0.717, 1.165) is 95.8 Å². The van der Waals surface area contributed by atoms with Gasteiger partial charge < -0.3 is 33.8 Å². The molecule has 3 unspecified atom stereocenters. The standard InChI is InChI=1S/C85H166O17P2/c1-6-10-13-16-19-22-25-27-29-31-33-35-37-39-41-43-46-49-55-60-65-70-84(89)101-80(74-96-83(88)69-64-59-54-48-45-42-40-38-36-34-32-30-28-26-23-20-17-14-11-7-2)76-99-103(91,92)97-72-79(86)73-98-104(93,94)100-77-81(75-95-82(87)68-63-58-53-47-44-24-21-18-15-12-8-3)102-85(90)71-66-61-56-51-50-52-57-62-67-78(5)9-4/h78-81,86H,6-77H2,1-5H3,(H,91,92)(H,93,94)/t78?,79-,80-,81-/m1/s1. The van der Waals surface area contributed by atoms with Gasteiger partial charge >= 0.3 is 39.5 Å². The minimum Gasteiger partial charge on any atom is -0.462 e. The number of carbonyl (C=O) groups excluding carboxylic acids is 4. The lowest BCUT2D eigenvalue weighted by Gasteiger charge is -2.21. The van der Waals surface area contributed by atoms with Gasteiger partial charge in [-0.3, -0.25) is 37.3 Å².